The van der Waals surface area contributed by atoms with Crippen LogP contribution in [0.5, 0.6) is 0 Å². The molecule has 20 heavy (non-hydrogen) atoms. The summed E-state index contributed by atoms with van der Waals surface area (Å²) in [7, 11) is 0. The Morgan fingerprint density at radius 1 is 1.30 bits per heavy atom. The molecule has 5 nitrogen and oxygen atoms in total. The number of ether oxygens (including phenoxy) is 1. The van der Waals surface area contributed by atoms with Gasteiger partial charge in [-0.2, -0.15) is 0 Å². The van der Waals surface area contributed by atoms with E-state index in [-0.39, 0.29) is 24.3 Å². The molecule has 1 heterocycles. The summed E-state index contributed by atoms with van der Waals surface area (Å²) in [6, 6.07) is 0. The number of hydrogen-bond donors (Lipinski definition) is 1. The number of amides is 2. The number of rotatable bonds is 1. The van der Waals surface area contributed by atoms with Crippen molar-refractivity contribution in [1.82, 2.24) is 4.90 Å². The second-order valence-corrected chi connectivity index (χ2v) is 7.19. The first kappa shape index (κ1) is 15.1. The zero-order chi connectivity index (χ0) is 15.2. The van der Waals surface area contributed by atoms with Crippen molar-refractivity contribution < 1.29 is 18.7 Å². The lowest BCUT2D eigenvalue weighted by Crippen LogP contribution is -2.62. The van der Waals surface area contributed by atoms with Crippen molar-refractivity contribution in [2.24, 2.45) is 11.1 Å². The van der Waals surface area contributed by atoms with Crippen molar-refractivity contribution >= 4 is 12.0 Å². The molecule has 1 saturated carbocycles. The van der Waals surface area contributed by atoms with Crippen molar-refractivity contribution in [2.75, 3.05) is 13.1 Å². The van der Waals surface area contributed by atoms with E-state index in [1.165, 1.54) is 0 Å². The Balaban J connectivity index is 1.97. The molecule has 2 aliphatic rings. The summed E-state index contributed by atoms with van der Waals surface area (Å²) in [4.78, 5) is 24.7. The van der Waals surface area contributed by atoms with Gasteiger partial charge in [-0.25, -0.2) is 9.18 Å². The Hall–Kier alpha value is -1.33. The van der Waals surface area contributed by atoms with Gasteiger partial charge in [0.2, 0.25) is 0 Å². The summed E-state index contributed by atoms with van der Waals surface area (Å²) in [5.41, 5.74) is 2.34. The highest BCUT2D eigenvalue weighted by Crippen LogP contribution is 2.55. The monoisotopic (exact) mass is 286 g/mol. The molecule has 2 amide bonds. The fourth-order valence-electron chi connectivity index (χ4n) is 3.29. The summed E-state index contributed by atoms with van der Waals surface area (Å²) >= 11 is 0. The van der Waals surface area contributed by atoms with Crippen molar-refractivity contribution in [3.8, 4) is 0 Å². The normalized spacial score (nSPS) is 33.7. The molecule has 2 rings (SSSR count). The van der Waals surface area contributed by atoms with Crippen LogP contribution in [0.3, 0.4) is 0 Å². The van der Waals surface area contributed by atoms with Crippen LogP contribution in [0.2, 0.25) is 0 Å². The van der Waals surface area contributed by atoms with Gasteiger partial charge in [0.15, 0.2) is 5.67 Å². The number of likely N-dealkylation sites (tertiary alicyclic amines) is 1. The highest BCUT2D eigenvalue weighted by atomic mass is 19.1. The Kier molecular flexibility index (Phi) is 3.47. The Morgan fingerprint density at radius 2 is 1.90 bits per heavy atom. The molecular formula is C14H23FN2O3. The van der Waals surface area contributed by atoms with Crippen molar-refractivity contribution in [2.45, 2.75) is 57.7 Å². The molecule has 0 unspecified atom stereocenters. The first-order chi connectivity index (χ1) is 9.05. The average molecular weight is 286 g/mol. The molecule has 2 fully saturated rings. The number of nitrogens with two attached hydrogens (primary N) is 1. The van der Waals surface area contributed by atoms with E-state index in [0.29, 0.717) is 13.1 Å². The lowest BCUT2D eigenvalue weighted by molar-refractivity contribution is -0.153. The van der Waals surface area contributed by atoms with Crippen molar-refractivity contribution in [3.05, 3.63) is 0 Å². The van der Waals surface area contributed by atoms with Crippen molar-refractivity contribution in [3.63, 3.8) is 0 Å². The fourth-order valence-corrected chi connectivity index (χ4v) is 3.29. The van der Waals surface area contributed by atoms with E-state index in [1.54, 1.807) is 4.90 Å². The third-order valence-electron chi connectivity index (χ3n) is 4.07. The van der Waals surface area contributed by atoms with Crippen LogP contribution in [-0.4, -0.2) is 41.3 Å². The molecule has 1 aliphatic heterocycles. The van der Waals surface area contributed by atoms with E-state index in [0.717, 1.165) is 12.8 Å². The summed E-state index contributed by atoms with van der Waals surface area (Å²) in [6.07, 6.45) is 1.50. The molecule has 0 aromatic rings. The van der Waals surface area contributed by atoms with Crippen LogP contribution in [0.15, 0.2) is 0 Å². The largest absolute Gasteiger partial charge is 0.444 e. The van der Waals surface area contributed by atoms with E-state index >= 15 is 0 Å². The SMILES string of the molecule is CC(C)(C)OC(=O)N1CCCC2(C1)CC(F)(C(N)=O)C2. The topological polar surface area (TPSA) is 72.6 Å². The predicted octanol–water partition coefficient (Wildman–Crippen LogP) is 1.99. The van der Waals surface area contributed by atoms with Crippen LogP contribution in [0.4, 0.5) is 9.18 Å². The first-order valence-corrected chi connectivity index (χ1v) is 7.02. The second kappa shape index (κ2) is 4.60. The van der Waals surface area contributed by atoms with Gasteiger partial charge in [-0.15, -0.1) is 0 Å². The molecule has 1 spiro atoms. The molecule has 0 atom stereocenters. The van der Waals surface area contributed by atoms with Gasteiger partial charge in [0.1, 0.15) is 5.60 Å². The van der Waals surface area contributed by atoms with Gasteiger partial charge < -0.3 is 15.4 Å². The van der Waals surface area contributed by atoms with Gasteiger partial charge in [-0.05, 0) is 51.9 Å². The number of primary amides is 1. The van der Waals surface area contributed by atoms with E-state index < -0.39 is 17.2 Å². The minimum Gasteiger partial charge on any atom is -0.444 e. The number of carbonyl (C=O) groups excluding carboxylic acids is 2. The Bertz CT molecular complexity index is 425. The van der Waals surface area contributed by atoms with Gasteiger partial charge in [0, 0.05) is 13.1 Å². The van der Waals surface area contributed by atoms with Crippen LogP contribution < -0.4 is 5.73 Å². The maximum atomic E-state index is 14.0. The van der Waals surface area contributed by atoms with E-state index in [1.807, 2.05) is 20.8 Å². The van der Waals surface area contributed by atoms with Gasteiger partial charge in [-0.3, -0.25) is 4.79 Å². The van der Waals surface area contributed by atoms with Gasteiger partial charge in [0.05, 0.1) is 0 Å². The molecule has 0 aromatic carbocycles. The third-order valence-corrected chi connectivity index (χ3v) is 4.07. The second-order valence-electron chi connectivity index (χ2n) is 7.19. The zero-order valence-electron chi connectivity index (χ0n) is 12.4. The lowest BCUT2D eigenvalue weighted by Gasteiger charge is -2.54. The molecule has 0 bridgehead atoms. The third kappa shape index (κ3) is 2.88. The minimum atomic E-state index is -1.89. The minimum absolute atomic E-state index is 0.120. The molecule has 1 saturated heterocycles. The smallest absolute Gasteiger partial charge is 0.410 e. The van der Waals surface area contributed by atoms with E-state index in [4.69, 9.17) is 10.5 Å². The fraction of sp³-hybridized carbons (Fsp3) is 0.857. The Morgan fingerprint density at radius 3 is 2.40 bits per heavy atom. The Labute approximate surface area is 118 Å². The molecule has 2 N–H and O–H groups in total. The van der Waals surface area contributed by atoms with Crippen LogP contribution in [0, 0.1) is 5.41 Å². The number of carbonyl (C=O) groups is 2. The summed E-state index contributed by atoms with van der Waals surface area (Å²) in [6.45, 7) is 6.50. The molecule has 0 radical (unpaired) electrons. The predicted molar refractivity (Wildman–Crippen MR) is 71.7 cm³/mol. The van der Waals surface area contributed by atoms with Crippen LogP contribution >= 0.6 is 0 Å². The maximum Gasteiger partial charge on any atom is 0.410 e. The summed E-state index contributed by atoms with van der Waals surface area (Å²) in [5, 5.41) is 0. The maximum absolute atomic E-state index is 14.0. The number of nitrogens with zero attached hydrogens (tertiary/aromatic N) is 1. The highest BCUT2D eigenvalue weighted by molar-refractivity contribution is 5.84. The highest BCUT2D eigenvalue weighted by Gasteiger charge is 2.60. The number of alkyl halides is 1. The average Bonchev–Trinajstić information content (AvgIpc) is 2.24. The quantitative estimate of drug-likeness (QED) is 0.801. The summed E-state index contributed by atoms with van der Waals surface area (Å²) < 4.78 is 19.4. The number of halogens is 1. The van der Waals surface area contributed by atoms with Crippen LogP contribution in [0.25, 0.3) is 0 Å². The van der Waals surface area contributed by atoms with Gasteiger partial charge in [0.25, 0.3) is 5.91 Å². The van der Waals surface area contributed by atoms with E-state index in [2.05, 4.69) is 0 Å². The zero-order valence-corrected chi connectivity index (χ0v) is 12.4. The number of piperidine rings is 1. The van der Waals surface area contributed by atoms with E-state index in [9.17, 15) is 14.0 Å². The standard InChI is InChI=1S/C14H23FN2O3/c1-12(2,3)20-11(19)17-6-4-5-13(9-17)7-14(15,8-13)10(16)18/h4-9H2,1-3H3,(H2,16,18). The number of hydrogen-bond acceptors (Lipinski definition) is 3. The molecule has 6 heteroatoms. The molecule has 1 aliphatic carbocycles. The van der Waals surface area contributed by atoms with Gasteiger partial charge in [-0.1, -0.05) is 0 Å². The lowest BCUT2D eigenvalue weighted by atomic mass is 9.56. The van der Waals surface area contributed by atoms with Gasteiger partial charge >= 0.3 is 6.09 Å². The van der Waals surface area contributed by atoms with Crippen LogP contribution in [-0.2, 0) is 9.53 Å². The van der Waals surface area contributed by atoms with Crippen LogP contribution in [0.1, 0.15) is 46.5 Å². The molecule has 114 valence electrons. The first-order valence-electron chi connectivity index (χ1n) is 7.02. The summed E-state index contributed by atoms with van der Waals surface area (Å²) in [5.74, 6) is -0.891. The molecule has 0 aromatic heterocycles. The van der Waals surface area contributed by atoms with Crippen molar-refractivity contribution in [1.29, 1.82) is 0 Å². The molecular weight excluding hydrogens is 263 g/mol.